The fourth-order valence-corrected chi connectivity index (χ4v) is 3.16. The molecular weight excluding hydrogens is 316 g/mol. The number of carbonyl (C=O) groups is 1. The molecule has 3 heterocycles. The summed E-state index contributed by atoms with van der Waals surface area (Å²) in [6.07, 6.45) is 8.26. The van der Waals surface area contributed by atoms with Crippen molar-refractivity contribution in [3.05, 3.63) is 51.2 Å². The maximum atomic E-state index is 12.8. The predicted octanol–water partition coefficient (Wildman–Crippen LogP) is 2.23. The van der Waals surface area contributed by atoms with Gasteiger partial charge in [0.15, 0.2) is 0 Å². The summed E-state index contributed by atoms with van der Waals surface area (Å²) in [6, 6.07) is 1.54. The molecule has 0 saturated carbocycles. The maximum Gasteiger partial charge on any atom is 0.266 e. The van der Waals surface area contributed by atoms with Crippen molar-refractivity contribution in [2.45, 2.75) is 38.8 Å². The Hall–Kier alpha value is -2.08. The van der Waals surface area contributed by atoms with Crippen LogP contribution in [0.15, 0.2) is 29.5 Å². The van der Waals surface area contributed by atoms with Crippen LogP contribution in [0, 0.1) is 6.92 Å². The van der Waals surface area contributed by atoms with Crippen LogP contribution in [-0.4, -0.2) is 38.2 Å². The van der Waals surface area contributed by atoms with Gasteiger partial charge in [0, 0.05) is 18.9 Å². The molecular formula is C16H19ClN4O2. The predicted molar refractivity (Wildman–Crippen MR) is 87.7 cm³/mol. The van der Waals surface area contributed by atoms with Crippen molar-refractivity contribution >= 4 is 17.5 Å². The first-order valence-corrected chi connectivity index (χ1v) is 8.10. The van der Waals surface area contributed by atoms with Crippen LogP contribution in [0.4, 0.5) is 0 Å². The van der Waals surface area contributed by atoms with Crippen molar-refractivity contribution < 1.29 is 4.79 Å². The van der Waals surface area contributed by atoms with Gasteiger partial charge in [0.25, 0.3) is 11.5 Å². The molecule has 1 aliphatic heterocycles. The quantitative estimate of drug-likeness (QED) is 0.935. The standard InChI is InChI=1S/C16H19ClN4O2/c1-11-7-19-20(9-11)10-13-4-2-3-5-21(13)16(23)12-6-14(17)15(22)18-8-12/h6-9,13H,2-5,10H2,1H3,(H,18,22)/t13-/m1/s1. The van der Waals surface area contributed by atoms with E-state index < -0.39 is 0 Å². The molecule has 7 heteroatoms. The largest absolute Gasteiger partial charge is 0.334 e. The number of aryl methyl sites for hydroxylation is 1. The third-order valence-electron chi connectivity index (χ3n) is 4.15. The van der Waals surface area contributed by atoms with Crippen molar-refractivity contribution in [1.82, 2.24) is 19.7 Å². The minimum atomic E-state index is -0.384. The Kier molecular flexibility index (Phi) is 4.52. The molecule has 1 aliphatic rings. The van der Waals surface area contributed by atoms with E-state index in [-0.39, 0.29) is 22.5 Å². The number of halogens is 1. The second kappa shape index (κ2) is 6.58. The third kappa shape index (κ3) is 3.47. The van der Waals surface area contributed by atoms with Gasteiger partial charge in [0.1, 0.15) is 5.02 Å². The van der Waals surface area contributed by atoms with Crippen LogP contribution in [0.2, 0.25) is 5.02 Å². The Labute approximate surface area is 139 Å². The number of likely N-dealkylation sites (tertiary alicyclic amines) is 1. The van der Waals surface area contributed by atoms with E-state index in [2.05, 4.69) is 10.1 Å². The SMILES string of the molecule is Cc1cnn(C[C@H]2CCCCN2C(=O)c2c[nH]c(=O)c(Cl)c2)c1. The van der Waals surface area contributed by atoms with Gasteiger partial charge in [-0.3, -0.25) is 14.3 Å². The summed E-state index contributed by atoms with van der Waals surface area (Å²) in [5.41, 5.74) is 1.13. The number of hydrogen-bond acceptors (Lipinski definition) is 3. The van der Waals surface area contributed by atoms with E-state index in [9.17, 15) is 9.59 Å². The number of pyridine rings is 1. The molecule has 1 saturated heterocycles. The number of rotatable bonds is 3. The van der Waals surface area contributed by atoms with Crippen LogP contribution in [0.25, 0.3) is 0 Å². The van der Waals surface area contributed by atoms with Gasteiger partial charge in [-0.05, 0) is 37.8 Å². The van der Waals surface area contributed by atoms with Crippen LogP contribution in [0.3, 0.4) is 0 Å². The topological polar surface area (TPSA) is 71.0 Å². The summed E-state index contributed by atoms with van der Waals surface area (Å²) in [4.78, 5) is 28.5. The molecule has 2 aromatic rings. The number of piperidine rings is 1. The molecule has 0 unspecified atom stereocenters. The van der Waals surface area contributed by atoms with Gasteiger partial charge in [-0.1, -0.05) is 11.6 Å². The highest BCUT2D eigenvalue weighted by atomic mass is 35.5. The Morgan fingerprint density at radius 1 is 1.48 bits per heavy atom. The van der Waals surface area contributed by atoms with Crippen molar-refractivity contribution in [3.63, 3.8) is 0 Å². The van der Waals surface area contributed by atoms with Crippen LogP contribution < -0.4 is 5.56 Å². The first-order valence-electron chi connectivity index (χ1n) is 7.73. The Morgan fingerprint density at radius 2 is 2.30 bits per heavy atom. The summed E-state index contributed by atoms with van der Waals surface area (Å²) in [6.45, 7) is 3.38. The van der Waals surface area contributed by atoms with Gasteiger partial charge >= 0.3 is 0 Å². The normalized spacial score (nSPS) is 18.2. The number of nitrogens with one attached hydrogen (secondary N) is 1. The molecule has 2 aromatic heterocycles. The van der Waals surface area contributed by atoms with E-state index >= 15 is 0 Å². The zero-order chi connectivity index (χ0) is 16.4. The molecule has 0 aromatic carbocycles. The van der Waals surface area contributed by atoms with Crippen molar-refractivity contribution in [3.8, 4) is 0 Å². The number of amides is 1. The summed E-state index contributed by atoms with van der Waals surface area (Å²) >= 11 is 5.84. The van der Waals surface area contributed by atoms with E-state index in [0.29, 0.717) is 18.7 Å². The Balaban J connectivity index is 1.81. The molecule has 0 radical (unpaired) electrons. The lowest BCUT2D eigenvalue weighted by Gasteiger charge is -2.35. The van der Waals surface area contributed by atoms with Crippen LogP contribution in [0.1, 0.15) is 35.2 Å². The molecule has 6 nitrogen and oxygen atoms in total. The van der Waals surface area contributed by atoms with E-state index in [1.165, 1.54) is 12.3 Å². The minimum absolute atomic E-state index is 0.0344. The van der Waals surface area contributed by atoms with E-state index in [1.807, 2.05) is 28.9 Å². The molecule has 0 aliphatic carbocycles. The van der Waals surface area contributed by atoms with Gasteiger partial charge in [-0.25, -0.2) is 0 Å². The molecule has 122 valence electrons. The summed E-state index contributed by atoms with van der Waals surface area (Å²) in [7, 11) is 0. The van der Waals surface area contributed by atoms with Gasteiger partial charge in [-0.15, -0.1) is 0 Å². The fraction of sp³-hybridized carbons (Fsp3) is 0.438. The number of H-pyrrole nitrogens is 1. The smallest absolute Gasteiger partial charge is 0.266 e. The van der Waals surface area contributed by atoms with Crippen molar-refractivity contribution in [1.29, 1.82) is 0 Å². The highest BCUT2D eigenvalue weighted by Gasteiger charge is 2.28. The van der Waals surface area contributed by atoms with Gasteiger partial charge in [0.05, 0.1) is 24.3 Å². The number of nitrogens with zero attached hydrogens (tertiary/aromatic N) is 3. The van der Waals surface area contributed by atoms with Crippen molar-refractivity contribution in [2.24, 2.45) is 0 Å². The van der Waals surface area contributed by atoms with Gasteiger partial charge in [0.2, 0.25) is 0 Å². The number of carbonyl (C=O) groups excluding carboxylic acids is 1. The van der Waals surface area contributed by atoms with Gasteiger partial charge < -0.3 is 9.88 Å². The minimum Gasteiger partial charge on any atom is -0.334 e. The third-order valence-corrected chi connectivity index (χ3v) is 4.43. The zero-order valence-corrected chi connectivity index (χ0v) is 13.7. The van der Waals surface area contributed by atoms with Crippen LogP contribution in [0.5, 0.6) is 0 Å². The fourth-order valence-electron chi connectivity index (χ4n) is 2.99. The molecule has 3 rings (SSSR count). The number of hydrogen-bond donors (Lipinski definition) is 1. The first-order chi connectivity index (χ1) is 11.0. The number of aromatic nitrogens is 3. The average Bonchev–Trinajstić information content (AvgIpc) is 2.95. The molecule has 1 N–H and O–H groups in total. The lowest BCUT2D eigenvalue weighted by atomic mass is 10.0. The second-order valence-corrected chi connectivity index (χ2v) is 6.36. The lowest BCUT2D eigenvalue weighted by Crippen LogP contribution is -2.46. The lowest BCUT2D eigenvalue weighted by molar-refractivity contribution is 0.0583. The maximum absolute atomic E-state index is 12.8. The zero-order valence-electron chi connectivity index (χ0n) is 13.0. The molecule has 23 heavy (non-hydrogen) atoms. The molecule has 1 atom stereocenters. The molecule has 0 bridgehead atoms. The Morgan fingerprint density at radius 3 is 3.00 bits per heavy atom. The van der Waals surface area contributed by atoms with Crippen molar-refractivity contribution in [2.75, 3.05) is 6.54 Å². The second-order valence-electron chi connectivity index (χ2n) is 5.95. The summed E-state index contributed by atoms with van der Waals surface area (Å²) in [5.74, 6) is -0.100. The summed E-state index contributed by atoms with van der Waals surface area (Å²) in [5, 5.41) is 4.35. The molecule has 0 spiro atoms. The average molecular weight is 335 g/mol. The highest BCUT2D eigenvalue weighted by molar-refractivity contribution is 6.30. The molecule has 1 amide bonds. The summed E-state index contributed by atoms with van der Waals surface area (Å²) < 4.78 is 1.88. The monoisotopic (exact) mass is 334 g/mol. The highest BCUT2D eigenvalue weighted by Crippen LogP contribution is 2.21. The molecule has 1 fully saturated rings. The first kappa shape index (κ1) is 15.8. The van der Waals surface area contributed by atoms with Crippen LogP contribution >= 0.6 is 11.6 Å². The Bertz CT molecular complexity index is 767. The van der Waals surface area contributed by atoms with E-state index in [1.54, 1.807) is 0 Å². The van der Waals surface area contributed by atoms with E-state index in [0.717, 1.165) is 24.8 Å². The van der Waals surface area contributed by atoms with Crippen LogP contribution in [-0.2, 0) is 6.54 Å². The van der Waals surface area contributed by atoms with E-state index in [4.69, 9.17) is 11.6 Å². The number of aromatic amines is 1. The van der Waals surface area contributed by atoms with Gasteiger partial charge in [-0.2, -0.15) is 5.10 Å².